The topological polar surface area (TPSA) is 78.9 Å². The minimum atomic E-state index is -0.982. The van der Waals surface area contributed by atoms with Crippen LogP contribution in [-0.4, -0.2) is 65.4 Å². The lowest BCUT2D eigenvalue weighted by Gasteiger charge is -2.47. The number of carboxylic acid groups (broad SMARTS) is 1. The predicted octanol–water partition coefficient (Wildman–Crippen LogP) is 1.01. The molecular weight excluding hydrogens is 280 g/mol. The number of carboxylic acids is 1. The first kappa shape index (κ1) is 15.4. The lowest BCUT2D eigenvalue weighted by Crippen LogP contribution is -2.65. The van der Waals surface area contributed by atoms with E-state index >= 15 is 0 Å². The SMILES string of the molecule is CC1(OCC(=O)O)CN(C(=O)NCC2CCSCC2)C1. The molecule has 0 aromatic heterocycles. The summed E-state index contributed by atoms with van der Waals surface area (Å²) >= 11 is 1.97. The second-order valence-electron chi connectivity index (χ2n) is 5.73. The lowest BCUT2D eigenvalue weighted by molar-refractivity contribution is -0.159. The predicted molar refractivity (Wildman–Crippen MR) is 77.0 cm³/mol. The Hall–Kier alpha value is -0.950. The standard InChI is InChI=1S/C13H22N2O4S/c1-13(19-7-11(16)17)8-15(9-13)12(18)14-6-10-2-4-20-5-3-10/h10H,2-9H2,1H3,(H,14,18)(H,16,17). The van der Waals surface area contributed by atoms with Crippen LogP contribution in [0.3, 0.4) is 0 Å². The summed E-state index contributed by atoms with van der Waals surface area (Å²) in [7, 11) is 0. The third-order valence-corrected chi connectivity index (χ3v) is 4.81. The van der Waals surface area contributed by atoms with Gasteiger partial charge in [0.05, 0.1) is 13.1 Å². The molecular formula is C13H22N2O4S. The van der Waals surface area contributed by atoms with Crippen molar-refractivity contribution in [3.8, 4) is 0 Å². The van der Waals surface area contributed by atoms with E-state index in [4.69, 9.17) is 9.84 Å². The number of hydrogen-bond donors (Lipinski definition) is 2. The first-order valence-electron chi connectivity index (χ1n) is 6.95. The molecule has 0 spiro atoms. The van der Waals surface area contributed by atoms with Gasteiger partial charge in [-0.3, -0.25) is 0 Å². The molecule has 0 unspecified atom stereocenters. The fourth-order valence-corrected chi connectivity index (χ4v) is 3.73. The number of nitrogens with zero attached hydrogens (tertiary/aromatic N) is 1. The van der Waals surface area contributed by atoms with Crippen LogP contribution >= 0.6 is 11.8 Å². The fraction of sp³-hybridized carbons (Fsp3) is 0.846. The molecule has 0 aromatic rings. The molecule has 2 amide bonds. The minimum Gasteiger partial charge on any atom is -0.480 e. The minimum absolute atomic E-state index is 0.0698. The highest BCUT2D eigenvalue weighted by molar-refractivity contribution is 7.99. The average molecular weight is 302 g/mol. The number of ether oxygens (including phenoxy) is 1. The molecule has 0 atom stereocenters. The molecule has 0 bridgehead atoms. The lowest BCUT2D eigenvalue weighted by atomic mass is 9.97. The highest BCUT2D eigenvalue weighted by atomic mass is 32.2. The van der Waals surface area contributed by atoms with Gasteiger partial charge in [-0.1, -0.05) is 0 Å². The highest BCUT2D eigenvalue weighted by Gasteiger charge is 2.42. The number of carbonyl (C=O) groups is 2. The van der Waals surface area contributed by atoms with Crippen LogP contribution in [0.25, 0.3) is 0 Å². The van der Waals surface area contributed by atoms with Gasteiger partial charge >= 0.3 is 12.0 Å². The summed E-state index contributed by atoms with van der Waals surface area (Å²) in [6, 6.07) is -0.0698. The van der Waals surface area contributed by atoms with Gasteiger partial charge < -0.3 is 20.1 Å². The van der Waals surface area contributed by atoms with Gasteiger partial charge in [0.1, 0.15) is 12.2 Å². The first-order valence-corrected chi connectivity index (χ1v) is 8.10. The number of carbonyl (C=O) groups excluding carboxylic acids is 1. The van der Waals surface area contributed by atoms with E-state index in [0.29, 0.717) is 19.0 Å². The number of likely N-dealkylation sites (tertiary alicyclic amines) is 1. The second-order valence-corrected chi connectivity index (χ2v) is 6.95. The number of rotatable bonds is 5. The Morgan fingerprint density at radius 1 is 1.40 bits per heavy atom. The van der Waals surface area contributed by atoms with Gasteiger partial charge in [0.15, 0.2) is 0 Å². The number of thioether (sulfide) groups is 1. The molecule has 114 valence electrons. The Bertz CT molecular complexity index is 365. The van der Waals surface area contributed by atoms with E-state index in [-0.39, 0.29) is 12.6 Å². The Balaban J connectivity index is 1.64. The van der Waals surface area contributed by atoms with Crippen molar-refractivity contribution < 1.29 is 19.4 Å². The molecule has 2 rings (SSSR count). The average Bonchev–Trinajstić information content (AvgIpc) is 2.40. The summed E-state index contributed by atoms with van der Waals surface area (Å²) < 4.78 is 5.28. The molecule has 0 aromatic carbocycles. The van der Waals surface area contributed by atoms with Crippen molar-refractivity contribution in [3.63, 3.8) is 0 Å². The van der Waals surface area contributed by atoms with Crippen molar-refractivity contribution in [1.82, 2.24) is 10.2 Å². The zero-order chi connectivity index (χ0) is 14.6. The van der Waals surface area contributed by atoms with Crippen molar-refractivity contribution in [1.29, 1.82) is 0 Å². The van der Waals surface area contributed by atoms with Crippen molar-refractivity contribution in [2.24, 2.45) is 5.92 Å². The van der Waals surface area contributed by atoms with E-state index in [0.717, 1.165) is 6.54 Å². The Morgan fingerprint density at radius 2 is 2.05 bits per heavy atom. The maximum Gasteiger partial charge on any atom is 0.329 e. The van der Waals surface area contributed by atoms with Crippen LogP contribution in [0.2, 0.25) is 0 Å². The van der Waals surface area contributed by atoms with Crippen molar-refractivity contribution in [2.75, 3.05) is 37.7 Å². The zero-order valence-corrected chi connectivity index (χ0v) is 12.6. The number of hydrogen-bond acceptors (Lipinski definition) is 4. The molecule has 7 heteroatoms. The van der Waals surface area contributed by atoms with Crippen LogP contribution in [0.1, 0.15) is 19.8 Å². The highest BCUT2D eigenvalue weighted by Crippen LogP contribution is 2.25. The van der Waals surface area contributed by atoms with Gasteiger partial charge in [-0.25, -0.2) is 9.59 Å². The summed E-state index contributed by atoms with van der Waals surface area (Å²) in [6.07, 6.45) is 2.34. The molecule has 0 radical (unpaired) electrons. The molecule has 2 fully saturated rings. The van der Waals surface area contributed by atoms with Gasteiger partial charge in [-0.05, 0) is 37.2 Å². The largest absolute Gasteiger partial charge is 0.480 e. The quantitative estimate of drug-likeness (QED) is 0.792. The Morgan fingerprint density at radius 3 is 2.65 bits per heavy atom. The monoisotopic (exact) mass is 302 g/mol. The van der Waals surface area contributed by atoms with Crippen LogP contribution in [0.15, 0.2) is 0 Å². The number of aliphatic carboxylic acids is 1. The van der Waals surface area contributed by atoms with Gasteiger partial charge in [0, 0.05) is 6.54 Å². The van der Waals surface area contributed by atoms with Crippen LogP contribution in [0.4, 0.5) is 4.79 Å². The molecule has 2 N–H and O–H groups in total. The molecule has 2 saturated heterocycles. The fourth-order valence-electron chi connectivity index (χ4n) is 2.53. The van der Waals surface area contributed by atoms with Gasteiger partial charge in [-0.15, -0.1) is 0 Å². The molecule has 2 aliphatic heterocycles. The van der Waals surface area contributed by atoms with E-state index in [1.807, 2.05) is 18.7 Å². The van der Waals surface area contributed by atoms with Crippen LogP contribution in [-0.2, 0) is 9.53 Å². The first-order chi connectivity index (χ1) is 9.48. The van der Waals surface area contributed by atoms with Crippen LogP contribution in [0.5, 0.6) is 0 Å². The molecule has 6 nitrogen and oxygen atoms in total. The second kappa shape index (κ2) is 6.67. The summed E-state index contributed by atoms with van der Waals surface area (Å²) in [5, 5.41) is 11.5. The van der Waals surface area contributed by atoms with Crippen molar-refractivity contribution in [2.45, 2.75) is 25.4 Å². The smallest absolute Gasteiger partial charge is 0.329 e. The Labute approximate surface area is 123 Å². The third-order valence-electron chi connectivity index (χ3n) is 3.76. The maximum absolute atomic E-state index is 11.9. The number of amides is 2. The molecule has 2 heterocycles. The summed E-state index contributed by atoms with van der Waals surface area (Å²) in [5.74, 6) is 1.98. The van der Waals surface area contributed by atoms with E-state index in [1.54, 1.807) is 4.90 Å². The molecule has 0 aliphatic carbocycles. The van der Waals surface area contributed by atoms with Gasteiger partial charge in [-0.2, -0.15) is 11.8 Å². The summed E-state index contributed by atoms with van der Waals surface area (Å²) in [5.41, 5.74) is -0.517. The maximum atomic E-state index is 11.9. The van der Waals surface area contributed by atoms with Crippen LogP contribution < -0.4 is 5.32 Å². The van der Waals surface area contributed by atoms with E-state index in [1.165, 1.54) is 24.3 Å². The van der Waals surface area contributed by atoms with Gasteiger partial charge in [0.2, 0.25) is 0 Å². The summed E-state index contributed by atoms with van der Waals surface area (Å²) in [6.45, 7) is 3.16. The molecule has 2 aliphatic rings. The van der Waals surface area contributed by atoms with Crippen LogP contribution in [0, 0.1) is 5.92 Å². The van der Waals surface area contributed by atoms with Crippen molar-refractivity contribution in [3.05, 3.63) is 0 Å². The normalized spacial score (nSPS) is 22.1. The van der Waals surface area contributed by atoms with E-state index in [9.17, 15) is 9.59 Å². The van der Waals surface area contributed by atoms with Crippen molar-refractivity contribution >= 4 is 23.8 Å². The summed E-state index contributed by atoms with van der Waals surface area (Å²) in [4.78, 5) is 24.1. The van der Waals surface area contributed by atoms with E-state index in [2.05, 4.69) is 5.32 Å². The van der Waals surface area contributed by atoms with E-state index < -0.39 is 11.6 Å². The molecule has 0 saturated carbocycles. The number of nitrogens with one attached hydrogen (secondary N) is 1. The third kappa shape index (κ3) is 4.28. The zero-order valence-electron chi connectivity index (χ0n) is 11.8. The molecule has 20 heavy (non-hydrogen) atoms. The number of urea groups is 1. The van der Waals surface area contributed by atoms with Gasteiger partial charge in [0.25, 0.3) is 0 Å². The Kier molecular flexibility index (Phi) is 5.15.